The van der Waals surface area contributed by atoms with Crippen molar-refractivity contribution in [2.75, 3.05) is 5.32 Å². The van der Waals surface area contributed by atoms with E-state index < -0.39 is 23.9 Å². The third kappa shape index (κ3) is 4.90. The van der Waals surface area contributed by atoms with Crippen LogP contribution in [0.4, 0.5) is 10.5 Å². The fraction of sp³-hybridized carbons (Fsp3) is 0.0741. The zero-order valence-electron chi connectivity index (χ0n) is 18.9. The van der Waals surface area contributed by atoms with Crippen LogP contribution in [0.3, 0.4) is 0 Å². The zero-order chi connectivity index (χ0) is 25.1. The zero-order valence-corrected chi connectivity index (χ0v) is 18.9. The molecule has 5 rings (SSSR count). The summed E-state index contributed by atoms with van der Waals surface area (Å²) in [7, 11) is 0. The summed E-state index contributed by atoms with van der Waals surface area (Å²) in [6.45, 7) is 0. The van der Waals surface area contributed by atoms with E-state index in [-0.39, 0.29) is 12.2 Å². The number of aromatic amines is 1. The first-order chi connectivity index (χ1) is 17.5. The van der Waals surface area contributed by atoms with Gasteiger partial charge in [0.15, 0.2) is 5.78 Å². The fourth-order valence-electron chi connectivity index (χ4n) is 3.95. The molecule has 4 amide bonds. The number of fused-ring (bicyclic) bond motifs is 1. The molecule has 1 aliphatic rings. The molecule has 1 aromatic heterocycles. The number of nitrogens with one attached hydrogen (secondary N) is 4. The molecule has 0 radical (unpaired) electrons. The molecule has 0 aliphatic carbocycles. The van der Waals surface area contributed by atoms with Crippen LogP contribution < -0.4 is 16.0 Å². The van der Waals surface area contributed by atoms with Crippen molar-refractivity contribution in [1.29, 1.82) is 0 Å². The van der Waals surface area contributed by atoms with Gasteiger partial charge in [-0.15, -0.1) is 0 Å². The average Bonchev–Trinajstić information content (AvgIpc) is 3.29. The number of anilines is 1. The van der Waals surface area contributed by atoms with Gasteiger partial charge in [0.05, 0.1) is 17.6 Å². The monoisotopic (exact) mass is 479 g/mol. The predicted octanol–water partition coefficient (Wildman–Crippen LogP) is 3.50. The van der Waals surface area contributed by atoms with E-state index >= 15 is 0 Å². The summed E-state index contributed by atoms with van der Waals surface area (Å²) in [5, 5.41) is 15.3. The molecule has 9 nitrogen and oxygen atoms in total. The van der Waals surface area contributed by atoms with Gasteiger partial charge in [0.2, 0.25) is 11.8 Å². The van der Waals surface area contributed by atoms with Crippen LogP contribution in [0, 0.1) is 0 Å². The van der Waals surface area contributed by atoms with Gasteiger partial charge in [0.1, 0.15) is 6.04 Å². The summed E-state index contributed by atoms with van der Waals surface area (Å²) < 4.78 is 0. The van der Waals surface area contributed by atoms with Crippen molar-refractivity contribution in [2.45, 2.75) is 12.5 Å². The lowest BCUT2D eigenvalue weighted by Gasteiger charge is -2.22. The fourth-order valence-corrected chi connectivity index (χ4v) is 3.95. The van der Waals surface area contributed by atoms with Crippen LogP contribution in [-0.4, -0.2) is 39.9 Å². The second-order valence-electron chi connectivity index (χ2n) is 8.29. The first-order valence-electron chi connectivity index (χ1n) is 11.2. The number of urea groups is 1. The molecule has 3 aromatic carbocycles. The largest absolute Gasteiger partial charge is 0.325 e. The van der Waals surface area contributed by atoms with Crippen LogP contribution in [0.2, 0.25) is 0 Å². The second kappa shape index (κ2) is 9.67. The third-order valence-electron chi connectivity index (χ3n) is 5.74. The van der Waals surface area contributed by atoms with Crippen LogP contribution in [-0.2, 0) is 9.59 Å². The number of amides is 4. The number of carbonyl (C=O) groups is 4. The van der Waals surface area contributed by atoms with Gasteiger partial charge < -0.3 is 10.6 Å². The van der Waals surface area contributed by atoms with E-state index in [2.05, 4.69) is 26.1 Å². The Labute approximate surface area is 205 Å². The summed E-state index contributed by atoms with van der Waals surface area (Å²) in [5.41, 5.74) is 3.76. The number of carbonyl (C=O) groups excluding carboxylic acids is 4. The minimum atomic E-state index is -0.987. The Morgan fingerprint density at radius 2 is 1.72 bits per heavy atom. The Morgan fingerprint density at radius 3 is 2.53 bits per heavy atom. The average molecular weight is 479 g/mol. The Kier molecular flexibility index (Phi) is 6.10. The van der Waals surface area contributed by atoms with E-state index in [1.54, 1.807) is 36.4 Å². The topological polar surface area (TPSA) is 133 Å². The van der Waals surface area contributed by atoms with Gasteiger partial charge in [-0.2, -0.15) is 5.10 Å². The van der Waals surface area contributed by atoms with Crippen LogP contribution in [0.1, 0.15) is 33.6 Å². The number of rotatable bonds is 6. The van der Waals surface area contributed by atoms with E-state index in [4.69, 9.17) is 0 Å². The van der Waals surface area contributed by atoms with Gasteiger partial charge in [-0.1, -0.05) is 54.6 Å². The van der Waals surface area contributed by atoms with Crippen LogP contribution in [0.25, 0.3) is 23.1 Å². The molecule has 178 valence electrons. The van der Waals surface area contributed by atoms with Gasteiger partial charge in [-0.05, 0) is 35.9 Å². The molecule has 0 bridgehead atoms. The summed E-state index contributed by atoms with van der Waals surface area (Å²) in [6, 6.07) is 20.0. The smallest absolute Gasteiger partial charge is 0.322 e. The Morgan fingerprint density at radius 1 is 0.917 bits per heavy atom. The van der Waals surface area contributed by atoms with E-state index in [1.165, 1.54) is 0 Å². The van der Waals surface area contributed by atoms with Gasteiger partial charge >= 0.3 is 6.03 Å². The quantitative estimate of drug-likeness (QED) is 0.314. The first kappa shape index (κ1) is 22.7. The first-order valence-corrected chi connectivity index (χ1v) is 11.2. The lowest BCUT2D eigenvalue weighted by molar-refractivity contribution is -0.126. The number of nitrogens with zero attached hydrogens (tertiary/aromatic N) is 1. The normalized spacial score (nSPS) is 15.5. The van der Waals surface area contributed by atoms with Crippen molar-refractivity contribution < 1.29 is 19.2 Å². The highest BCUT2D eigenvalue weighted by molar-refractivity contribution is 6.12. The molecule has 0 unspecified atom stereocenters. The van der Waals surface area contributed by atoms with Crippen LogP contribution >= 0.6 is 0 Å². The summed E-state index contributed by atoms with van der Waals surface area (Å²) in [4.78, 5) is 48.6. The Hall–Kier alpha value is -5.05. The van der Waals surface area contributed by atoms with Crippen molar-refractivity contribution in [1.82, 2.24) is 20.8 Å². The predicted molar refractivity (Wildman–Crippen MR) is 135 cm³/mol. The second-order valence-corrected chi connectivity index (χ2v) is 8.29. The molecule has 2 heterocycles. The highest BCUT2D eigenvalue weighted by atomic mass is 16.2. The molecular weight excluding hydrogens is 458 g/mol. The number of imide groups is 1. The Bertz CT molecular complexity index is 1510. The maximum absolute atomic E-state index is 13.2. The summed E-state index contributed by atoms with van der Waals surface area (Å²) >= 11 is 0. The number of hydrogen-bond acceptors (Lipinski definition) is 5. The maximum Gasteiger partial charge on any atom is 0.322 e. The van der Waals surface area contributed by atoms with Gasteiger partial charge in [-0.25, -0.2) is 4.79 Å². The summed E-state index contributed by atoms with van der Waals surface area (Å²) in [5.74, 6) is -1.30. The number of hydrogen-bond donors (Lipinski definition) is 4. The Balaban J connectivity index is 1.32. The molecular formula is C27H21N5O4. The van der Waals surface area contributed by atoms with Crippen molar-refractivity contribution >= 4 is 52.4 Å². The lowest BCUT2D eigenvalue weighted by atomic mass is 10.0. The molecule has 1 saturated heterocycles. The van der Waals surface area contributed by atoms with E-state index in [9.17, 15) is 19.2 Å². The summed E-state index contributed by atoms with van der Waals surface area (Å²) in [6.07, 6.45) is 3.72. The van der Waals surface area contributed by atoms with Gasteiger partial charge in [0.25, 0.3) is 0 Å². The van der Waals surface area contributed by atoms with Crippen molar-refractivity contribution in [3.8, 4) is 0 Å². The standard InChI is InChI=1S/C27H21N5O4/c33-24-15-23(29-27(36)30-24)26(35)28-19-8-4-7-17(13-19)25(34)18-10-11-20-21(31-32-22(20)14-18)12-9-16-5-2-1-3-6-16/h1-14,23H,15H2,(H,28,35)(H,31,32)(H2,29,30,33,36)/b12-9+/t23-/m1/s1. The minimum absolute atomic E-state index is 0.164. The molecule has 4 aromatic rings. The number of aromatic nitrogens is 2. The molecule has 4 N–H and O–H groups in total. The van der Waals surface area contributed by atoms with Crippen molar-refractivity contribution in [3.63, 3.8) is 0 Å². The molecule has 0 spiro atoms. The van der Waals surface area contributed by atoms with Crippen molar-refractivity contribution in [2.24, 2.45) is 0 Å². The SMILES string of the molecule is O=C1C[C@H](C(=O)Nc2cccc(C(=O)c3ccc4c(/C=C/c5ccccc5)n[nH]c4c3)c2)NC(=O)N1. The van der Waals surface area contributed by atoms with Gasteiger partial charge in [-0.3, -0.25) is 24.8 Å². The number of H-pyrrole nitrogens is 1. The minimum Gasteiger partial charge on any atom is -0.325 e. The number of ketones is 1. The molecule has 1 atom stereocenters. The molecule has 0 saturated carbocycles. The highest BCUT2D eigenvalue weighted by Gasteiger charge is 2.29. The number of benzene rings is 3. The lowest BCUT2D eigenvalue weighted by Crippen LogP contribution is -2.56. The van der Waals surface area contributed by atoms with E-state index in [0.717, 1.165) is 22.2 Å². The van der Waals surface area contributed by atoms with E-state index in [0.29, 0.717) is 16.8 Å². The highest BCUT2D eigenvalue weighted by Crippen LogP contribution is 2.22. The molecule has 1 aliphatic heterocycles. The maximum atomic E-state index is 13.2. The molecule has 9 heteroatoms. The molecule has 1 fully saturated rings. The third-order valence-corrected chi connectivity index (χ3v) is 5.74. The van der Waals surface area contributed by atoms with Crippen LogP contribution in [0.15, 0.2) is 72.8 Å². The van der Waals surface area contributed by atoms with Gasteiger partial charge in [0, 0.05) is 22.2 Å². The van der Waals surface area contributed by atoms with E-state index in [1.807, 2.05) is 48.6 Å². The molecule has 36 heavy (non-hydrogen) atoms. The van der Waals surface area contributed by atoms with Crippen molar-refractivity contribution in [3.05, 3.63) is 95.2 Å². The van der Waals surface area contributed by atoms with Crippen LogP contribution in [0.5, 0.6) is 0 Å².